The number of hydrogen-bond donors (Lipinski definition) is 1. The highest BCUT2D eigenvalue weighted by molar-refractivity contribution is 9.10. The van der Waals surface area contributed by atoms with Crippen molar-refractivity contribution in [2.75, 3.05) is 5.32 Å². The van der Waals surface area contributed by atoms with Gasteiger partial charge in [-0.05, 0) is 55.8 Å². The van der Waals surface area contributed by atoms with Crippen LogP contribution in [0.2, 0.25) is 0 Å². The molecule has 9 heteroatoms. The molecule has 0 unspecified atom stereocenters. The van der Waals surface area contributed by atoms with E-state index in [4.69, 9.17) is 0 Å². The molecular formula is C20H18BrN3O4S. The van der Waals surface area contributed by atoms with Crippen LogP contribution in [-0.2, 0) is 21.2 Å². The molecule has 1 amide bonds. The van der Waals surface area contributed by atoms with Crippen molar-refractivity contribution in [2.45, 2.75) is 30.3 Å². The van der Waals surface area contributed by atoms with Crippen molar-refractivity contribution >= 4 is 37.4 Å². The minimum absolute atomic E-state index is 0.0399. The first-order valence-electron chi connectivity index (χ1n) is 8.63. The first-order chi connectivity index (χ1) is 13.7. The van der Waals surface area contributed by atoms with Crippen molar-refractivity contribution in [2.24, 2.45) is 0 Å². The van der Waals surface area contributed by atoms with Crippen LogP contribution in [0.1, 0.15) is 11.1 Å². The van der Waals surface area contributed by atoms with Crippen molar-refractivity contribution in [1.82, 2.24) is 9.78 Å². The third-order valence-electron chi connectivity index (χ3n) is 4.19. The summed E-state index contributed by atoms with van der Waals surface area (Å²) in [5, 5.41) is 6.31. The summed E-state index contributed by atoms with van der Waals surface area (Å²) < 4.78 is 27.1. The van der Waals surface area contributed by atoms with Gasteiger partial charge in [0.1, 0.15) is 6.54 Å². The van der Waals surface area contributed by atoms with Gasteiger partial charge in [-0.2, -0.15) is 5.10 Å². The highest BCUT2D eigenvalue weighted by Crippen LogP contribution is 2.20. The van der Waals surface area contributed by atoms with Gasteiger partial charge in [0.25, 0.3) is 5.56 Å². The van der Waals surface area contributed by atoms with Gasteiger partial charge in [0.2, 0.25) is 15.7 Å². The smallest absolute Gasteiger partial charge is 0.267 e. The first-order valence-corrected chi connectivity index (χ1v) is 10.9. The highest BCUT2D eigenvalue weighted by atomic mass is 79.9. The van der Waals surface area contributed by atoms with Gasteiger partial charge in [-0.1, -0.05) is 33.6 Å². The van der Waals surface area contributed by atoms with Crippen LogP contribution in [0.25, 0.3) is 0 Å². The van der Waals surface area contributed by atoms with Gasteiger partial charge >= 0.3 is 0 Å². The molecule has 0 aliphatic heterocycles. The second kappa shape index (κ2) is 8.30. The molecule has 0 atom stereocenters. The van der Waals surface area contributed by atoms with E-state index in [1.807, 2.05) is 26.0 Å². The van der Waals surface area contributed by atoms with E-state index in [0.29, 0.717) is 5.69 Å². The van der Waals surface area contributed by atoms with Crippen LogP contribution in [0.5, 0.6) is 0 Å². The summed E-state index contributed by atoms with van der Waals surface area (Å²) in [6.07, 6.45) is 0. The average molecular weight is 476 g/mol. The van der Waals surface area contributed by atoms with Gasteiger partial charge in [0.15, 0.2) is 5.03 Å². The van der Waals surface area contributed by atoms with Crippen LogP contribution in [-0.4, -0.2) is 24.1 Å². The van der Waals surface area contributed by atoms with Crippen LogP contribution in [0.15, 0.2) is 73.8 Å². The highest BCUT2D eigenvalue weighted by Gasteiger charge is 2.21. The molecule has 7 nitrogen and oxygen atoms in total. The van der Waals surface area contributed by atoms with Crippen molar-refractivity contribution in [1.29, 1.82) is 0 Å². The van der Waals surface area contributed by atoms with Crippen LogP contribution in [0, 0.1) is 13.8 Å². The van der Waals surface area contributed by atoms with Crippen molar-refractivity contribution in [3.05, 3.63) is 80.6 Å². The lowest BCUT2D eigenvalue weighted by Crippen LogP contribution is -2.30. The molecule has 0 saturated heterocycles. The van der Waals surface area contributed by atoms with Crippen LogP contribution < -0.4 is 10.9 Å². The number of halogens is 1. The number of nitrogens with zero attached hydrogens (tertiary/aromatic N) is 2. The lowest BCUT2D eigenvalue weighted by Gasteiger charge is -2.11. The topological polar surface area (TPSA) is 98.1 Å². The van der Waals surface area contributed by atoms with E-state index < -0.39 is 27.8 Å². The predicted octanol–water partition coefficient (Wildman–Crippen LogP) is 3.09. The van der Waals surface area contributed by atoms with E-state index in [9.17, 15) is 18.0 Å². The summed E-state index contributed by atoms with van der Waals surface area (Å²) in [6.45, 7) is 3.40. The summed E-state index contributed by atoms with van der Waals surface area (Å²) in [6, 6.07) is 13.8. The Hall–Kier alpha value is -2.78. The molecule has 0 radical (unpaired) electrons. The average Bonchev–Trinajstić information content (AvgIpc) is 2.66. The van der Waals surface area contributed by atoms with Gasteiger partial charge in [-0.25, -0.2) is 13.1 Å². The van der Waals surface area contributed by atoms with Gasteiger partial charge in [0.05, 0.1) is 4.90 Å². The number of benzene rings is 2. The number of rotatable bonds is 5. The third-order valence-corrected chi connectivity index (χ3v) is 6.38. The molecule has 0 aliphatic carbocycles. The number of amides is 1. The summed E-state index contributed by atoms with van der Waals surface area (Å²) in [5.74, 6) is -0.482. The molecule has 1 aromatic heterocycles. The Balaban J connectivity index is 1.86. The Morgan fingerprint density at radius 2 is 1.76 bits per heavy atom. The van der Waals surface area contributed by atoms with Crippen molar-refractivity contribution in [3.8, 4) is 0 Å². The van der Waals surface area contributed by atoms with E-state index in [1.54, 1.807) is 18.2 Å². The first kappa shape index (κ1) is 20.9. The van der Waals surface area contributed by atoms with Crippen molar-refractivity contribution in [3.63, 3.8) is 0 Å². The maximum atomic E-state index is 12.8. The zero-order chi connectivity index (χ0) is 21.2. The molecule has 0 bridgehead atoms. The molecule has 3 aromatic rings. The van der Waals surface area contributed by atoms with E-state index >= 15 is 0 Å². The van der Waals surface area contributed by atoms with Crippen LogP contribution in [0.4, 0.5) is 5.69 Å². The SMILES string of the molecule is Cc1ccc(NC(=O)Cn2nc(S(=O)(=O)c3ccc(Br)cc3)ccc2=O)c(C)c1. The predicted molar refractivity (Wildman–Crippen MR) is 113 cm³/mol. The molecule has 0 fully saturated rings. The van der Waals surface area contributed by atoms with Crippen LogP contribution in [0.3, 0.4) is 0 Å². The number of aryl methyl sites for hydroxylation is 2. The van der Waals surface area contributed by atoms with Gasteiger partial charge in [0, 0.05) is 16.2 Å². The summed E-state index contributed by atoms with van der Waals surface area (Å²) in [4.78, 5) is 24.5. The van der Waals surface area contributed by atoms with Gasteiger partial charge < -0.3 is 5.32 Å². The van der Waals surface area contributed by atoms with E-state index in [0.717, 1.165) is 32.4 Å². The normalized spacial score (nSPS) is 11.3. The molecule has 0 spiro atoms. The number of carbonyl (C=O) groups excluding carboxylic acids is 1. The van der Waals surface area contributed by atoms with Crippen molar-refractivity contribution < 1.29 is 13.2 Å². The molecule has 2 aromatic carbocycles. The fourth-order valence-electron chi connectivity index (χ4n) is 2.70. The van der Waals surface area contributed by atoms with E-state index in [2.05, 4.69) is 26.3 Å². The molecule has 3 rings (SSSR count). The molecule has 0 aliphatic rings. The number of anilines is 1. The fourth-order valence-corrected chi connectivity index (χ4v) is 4.15. The molecular weight excluding hydrogens is 458 g/mol. The zero-order valence-electron chi connectivity index (χ0n) is 15.7. The Morgan fingerprint density at radius 1 is 1.07 bits per heavy atom. The maximum Gasteiger partial charge on any atom is 0.267 e. The molecule has 150 valence electrons. The lowest BCUT2D eigenvalue weighted by molar-refractivity contribution is -0.117. The summed E-state index contributed by atoms with van der Waals surface area (Å²) >= 11 is 3.25. The molecule has 1 heterocycles. The standard InChI is InChI=1S/C20H18BrN3O4S/c1-13-3-8-17(14(2)11-13)22-18(25)12-24-20(26)10-9-19(23-24)29(27,28)16-6-4-15(21)5-7-16/h3-11H,12H2,1-2H3,(H,22,25). The lowest BCUT2D eigenvalue weighted by atomic mass is 10.1. The largest absolute Gasteiger partial charge is 0.324 e. The van der Waals surface area contributed by atoms with E-state index in [-0.39, 0.29) is 9.92 Å². The van der Waals surface area contributed by atoms with E-state index in [1.165, 1.54) is 12.1 Å². The Labute approximate surface area is 176 Å². The van der Waals surface area contributed by atoms with Gasteiger partial charge in [-0.15, -0.1) is 0 Å². The minimum Gasteiger partial charge on any atom is -0.324 e. The Morgan fingerprint density at radius 3 is 2.41 bits per heavy atom. The number of aromatic nitrogens is 2. The second-order valence-electron chi connectivity index (χ2n) is 6.49. The number of carbonyl (C=O) groups is 1. The van der Waals surface area contributed by atoms with Gasteiger partial charge in [-0.3, -0.25) is 9.59 Å². The Kier molecular flexibility index (Phi) is 5.99. The minimum atomic E-state index is -3.92. The number of sulfone groups is 1. The number of nitrogens with one attached hydrogen (secondary N) is 1. The quantitative estimate of drug-likeness (QED) is 0.611. The maximum absolute atomic E-state index is 12.8. The molecule has 0 saturated carbocycles. The molecule has 29 heavy (non-hydrogen) atoms. The monoisotopic (exact) mass is 475 g/mol. The summed E-state index contributed by atoms with van der Waals surface area (Å²) in [7, 11) is -3.92. The Bertz CT molecular complexity index is 1240. The third kappa shape index (κ3) is 4.80. The zero-order valence-corrected chi connectivity index (χ0v) is 18.1. The molecule has 1 N–H and O–H groups in total. The number of hydrogen-bond acceptors (Lipinski definition) is 5. The summed E-state index contributed by atoms with van der Waals surface area (Å²) in [5.41, 5.74) is 1.98. The fraction of sp³-hybridized carbons (Fsp3) is 0.150. The van der Waals surface area contributed by atoms with Crippen LogP contribution >= 0.6 is 15.9 Å². The second-order valence-corrected chi connectivity index (χ2v) is 9.30.